The van der Waals surface area contributed by atoms with Gasteiger partial charge in [0.05, 0.1) is 10.6 Å². The standard InChI is InChI=1S/C34H35ClFN3O4S/c1-3-21-37-34(41)32(22-26-13-6-4-7-14-26)38(23-27-15-10-11-19-30(27)36)33(40)24-39(31-20-12-18-29(35)25(31)2)44(42,43)28-16-8-5-9-17-28/h4-20,32H,3,21-24H2,1-2H3,(H,37,41)/t32-/m0/s1. The Morgan fingerprint density at radius 3 is 2.18 bits per heavy atom. The molecule has 0 radical (unpaired) electrons. The molecule has 0 aliphatic heterocycles. The van der Waals surface area contributed by atoms with Crippen LogP contribution in [0.25, 0.3) is 0 Å². The lowest BCUT2D eigenvalue weighted by Crippen LogP contribution is -2.53. The molecule has 0 unspecified atom stereocenters. The molecule has 1 N–H and O–H groups in total. The van der Waals surface area contributed by atoms with Crippen LogP contribution in [0.2, 0.25) is 5.02 Å². The third kappa shape index (κ3) is 7.84. The Balaban J connectivity index is 1.83. The second kappa shape index (κ2) is 15.0. The van der Waals surface area contributed by atoms with E-state index in [2.05, 4.69) is 5.32 Å². The maximum absolute atomic E-state index is 15.0. The van der Waals surface area contributed by atoms with Crippen LogP contribution in [0.5, 0.6) is 0 Å². The van der Waals surface area contributed by atoms with Crippen LogP contribution < -0.4 is 9.62 Å². The largest absolute Gasteiger partial charge is 0.354 e. The van der Waals surface area contributed by atoms with Gasteiger partial charge in [0, 0.05) is 30.1 Å². The summed E-state index contributed by atoms with van der Waals surface area (Å²) in [7, 11) is -4.27. The van der Waals surface area contributed by atoms with E-state index in [9.17, 15) is 22.4 Å². The van der Waals surface area contributed by atoms with Crippen molar-refractivity contribution in [1.29, 1.82) is 0 Å². The molecule has 44 heavy (non-hydrogen) atoms. The first-order chi connectivity index (χ1) is 21.1. The molecule has 4 aromatic rings. The smallest absolute Gasteiger partial charge is 0.264 e. The molecule has 0 spiro atoms. The predicted octanol–water partition coefficient (Wildman–Crippen LogP) is 6.15. The quantitative estimate of drug-likeness (QED) is 0.191. The van der Waals surface area contributed by atoms with Crippen molar-refractivity contribution in [1.82, 2.24) is 10.2 Å². The van der Waals surface area contributed by atoms with E-state index in [0.717, 1.165) is 9.87 Å². The van der Waals surface area contributed by atoms with Gasteiger partial charge in [-0.15, -0.1) is 0 Å². The van der Waals surface area contributed by atoms with Crippen LogP contribution in [0.1, 0.15) is 30.0 Å². The fourth-order valence-electron chi connectivity index (χ4n) is 4.83. The minimum atomic E-state index is -4.27. The molecule has 0 saturated heterocycles. The average Bonchev–Trinajstić information content (AvgIpc) is 3.03. The van der Waals surface area contributed by atoms with Crippen LogP contribution in [0.15, 0.2) is 108 Å². The van der Waals surface area contributed by atoms with Gasteiger partial charge in [-0.05, 0) is 54.8 Å². The average molecular weight is 636 g/mol. The maximum atomic E-state index is 15.0. The Bertz CT molecular complexity index is 1690. The maximum Gasteiger partial charge on any atom is 0.264 e. The summed E-state index contributed by atoms with van der Waals surface area (Å²) in [5, 5.41) is 3.20. The molecule has 0 aromatic heterocycles. The highest BCUT2D eigenvalue weighted by Crippen LogP contribution is 2.31. The van der Waals surface area contributed by atoms with Crippen LogP contribution in [0, 0.1) is 12.7 Å². The minimum Gasteiger partial charge on any atom is -0.354 e. The summed E-state index contributed by atoms with van der Waals surface area (Å²) in [5.74, 6) is -1.64. The minimum absolute atomic E-state index is 0.0191. The molecule has 0 bridgehead atoms. The fourth-order valence-corrected chi connectivity index (χ4v) is 6.49. The third-order valence-electron chi connectivity index (χ3n) is 7.24. The zero-order chi connectivity index (χ0) is 31.7. The molecule has 4 aromatic carbocycles. The Morgan fingerprint density at radius 1 is 0.886 bits per heavy atom. The first-order valence-electron chi connectivity index (χ1n) is 14.3. The summed E-state index contributed by atoms with van der Waals surface area (Å²) in [5.41, 5.74) is 1.66. The van der Waals surface area contributed by atoms with E-state index in [-0.39, 0.29) is 29.1 Å². The van der Waals surface area contributed by atoms with Gasteiger partial charge in [-0.2, -0.15) is 0 Å². The van der Waals surface area contributed by atoms with Gasteiger partial charge in [-0.25, -0.2) is 12.8 Å². The van der Waals surface area contributed by atoms with Crippen molar-refractivity contribution < 1.29 is 22.4 Å². The number of halogens is 2. The monoisotopic (exact) mass is 635 g/mol. The normalized spacial score (nSPS) is 11.9. The molecule has 10 heteroatoms. The van der Waals surface area contributed by atoms with Crippen molar-refractivity contribution in [2.45, 2.75) is 44.2 Å². The first-order valence-corrected chi connectivity index (χ1v) is 16.1. The molecule has 0 heterocycles. The first kappa shape index (κ1) is 32.7. The van der Waals surface area contributed by atoms with Crippen molar-refractivity contribution in [3.8, 4) is 0 Å². The van der Waals surface area contributed by atoms with Crippen LogP contribution >= 0.6 is 11.6 Å². The number of benzene rings is 4. The van der Waals surface area contributed by atoms with Gasteiger partial charge in [0.15, 0.2) is 0 Å². The van der Waals surface area contributed by atoms with Gasteiger partial charge in [-0.3, -0.25) is 13.9 Å². The number of carbonyl (C=O) groups excluding carboxylic acids is 2. The highest BCUT2D eigenvalue weighted by Gasteiger charge is 2.35. The zero-order valence-electron chi connectivity index (χ0n) is 24.6. The molecule has 230 valence electrons. The number of rotatable bonds is 13. The van der Waals surface area contributed by atoms with Gasteiger partial charge in [0.1, 0.15) is 18.4 Å². The lowest BCUT2D eigenvalue weighted by Gasteiger charge is -2.34. The number of anilines is 1. The Kier molecular flexibility index (Phi) is 11.1. The molecule has 1 atom stereocenters. The van der Waals surface area contributed by atoms with E-state index < -0.39 is 40.2 Å². The van der Waals surface area contributed by atoms with E-state index in [1.165, 1.54) is 29.2 Å². The Morgan fingerprint density at radius 2 is 1.52 bits per heavy atom. The molecule has 0 fully saturated rings. The van der Waals surface area contributed by atoms with Gasteiger partial charge in [0.25, 0.3) is 10.0 Å². The zero-order valence-corrected chi connectivity index (χ0v) is 26.2. The molecule has 2 amide bonds. The highest BCUT2D eigenvalue weighted by molar-refractivity contribution is 7.92. The van der Waals surface area contributed by atoms with E-state index in [4.69, 9.17) is 11.6 Å². The van der Waals surface area contributed by atoms with Crippen molar-refractivity contribution in [3.63, 3.8) is 0 Å². The fraction of sp³-hybridized carbons (Fsp3) is 0.235. The van der Waals surface area contributed by atoms with E-state index in [1.807, 2.05) is 37.3 Å². The number of nitrogens with one attached hydrogen (secondary N) is 1. The van der Waals surface area contributed by atoms with E-state index in [0.29, 0.717) is 23.6 Å². The SMILES string of the molecule is CCCNC(=O)[C@H](Cc1ccccc1)N(Cc1ccccc1F)C(=O)CN(c1cccc(Cl)c1C)S(=O)(=O)c1ccccc1. The van der Waals surface area contributed by atoms with Crippen LogP contribution in [0.4, 0.5) is 10.1 Å². The van der Waals surface area contributed by atoms with Crippen LogP contribution in [-0.4, -0.2) is 44.3 Å². The summed E-state index contributed by atoms with van der Waals surface area (Å²) in [6.07, 6.45) is 0.806. The van der Waals surface area contributed by atoms with E-state index in [1.54, 1.807) is 55.5 Å². The molecular weight excluding hydrogens is 601 g/mol. The lowest BCUT2D eigenvalue weighted by atomic mass is 10.0. The topological polar surface area (TPSA) is 86.8 Å². The number of amides is 2. The van der Waals surface area contributed by atoms with Gasteiger partial charge in [-0.1, -0.05) is 91.3 Å². The van der Waals surface area contributed by atoms with Gasteiger partial charge in [0.2, 0.25) is 11.8 Å². The Hall–Kier alpha value is -4.21. The second-order valence-electron chi connectivity index (χ2n) is 10.3. The molecule has 0 aliphatic carbocycles. The molecule has 7 nitrogen and oxygen atoms in total. The third-order valence-corrected chi connectivity index (χ3v) is 9.42. The van der Waals surface area contributed by atoms with Gasteiger partial charge < -0.3 is 10.2 Å². The number of sulfonamides is 1. The van der Waals surface area contributed by atoms with Crippen molar-refractivity contribution in [2.75, 3.05) is 17.4 Å². The highest BCUT2D eigenvalue weighted by atomic mass is 35.5. The molecule has 4 rings (SSSR count). The number of hydrogen-bond donors (Lipinski definition) is 1. The molecule has 0 saturated carbocycles. The van der Waals surface area contributed by atoms with Gasteiger partial charge >= 0.3 is 0 Å². The summed E-state index contributed by atoms with van der Waals surface area (Å²) < 4.78 is 44.1. The van der Waals surface area contributed by atoms with E-state index >= 15 is 0 Å². The Labute approximate surface area is 263 Å². The van der Waals surface area contributed by atoms with Crippen LogP contribution in [0.3, 0.4) is 0 Å². The predicted molar refractivity (Wildman–Crippen MR) is 171 cm³/mol. The molecule has 0 aliphatic rings. The van der Waals surface area contributed by atoms with Crippen molar-refractivity contribution in [2.24, 2.45) is 0 Å². The number of carbonyl (C=O) groups is 2. The van der Waals surface area contributed by atoms with Crippen molar-refractivity contribution in [3.05, 3.63) is 131 Å². The van der Waals surface area contributed by atoms with Crippen LogP contribution in [-0.2, 0) is 32.6 Å². The molecular formula is C34H35ClFN3O4S. The van der Waals surface area contributed by atoms with Crippen molar-refractivity contribution >= 4 is 39.1 Å². The summed E-state index contributed by atoms with van der Waals surface area (Å²) in [6, 6.07) is 26.7. The summed E-state index contributed by atoms with van der Waals surface area (Å²) >= 11 is 6.40. The summed E-state index contributed by atoms with van der Waals surface area (Å²) in [4.78, 5) is 29.3. The summed E-state index contributed by atoms with van der Waals surface area (Å²) in [6.45, 7) is 3.05. The lowest BCUT2D eigenvalue weighted by molar-refractivity contribution is -0.140. The number of nitrogens with zero attached hydrogens (tertiary/aromatic N) is 2. The number of hydrogen-bond acceptors (Lipinski definition) is 4. The second-order valence-corrected chi connectivity index (χ2v) is 12.6.